The smallest absolute Gasteiger partial charge is 0.218 e. The molecule has 2 nitrogen and oxygen atoms in total. The van der Waals surface area contributed by atoms with Crippen LogP contribution in [0.25, 0.3) is 0 Å². The van der Waals surface area contributed by atoms with Gasteiger partial charge in [-0.05, 0) is 38.3 Å². The molecule has 1 aromatic heterocycles. The molecule has 2 aromatic rings. The number of hydrogen-bond acceptors (Lipinski definition) is 3. The molecule has 0 fully saturated rings. The normalized spacial score (nSPS) is 20.4. The molecule has 0 saturated heterocycles. The van der Waals surface area contributed by atoms with E-state index < -0.39 is 0 Å². The van der Waals surface area contributed by atoms with Crippen molar-refractivity contribution < 1.29 is 4.74 Å². The molecule has 0 bridgehead atoms. The SMILES string of the molecule is CC(C)(C)N=C1OC(c2cccs2)c2ccccc21. The Labute approximate surface area is 117 Å². The molecule has 1 aliphatic heterocycles. The Morgan fingerprint density at radius 3 is 2.58 bits per heavy atom. The van der Waals surface area contributed by atoms with Crippen molar-refractivity contribution in [1.29, 1.82) is 0 Å². The quantitative estimate of drug-likeness (QED) is 0.752. The van der Waals surface area contributed by atoms with Gasteiger partial charge in [0.15, 0.2) is 6.10 Å². The van der Waals surface area contributed by atoms with Gasteiger partial charge in [-0.25, -0.2) is 4.99 Å². The Kier molecular flexibility index (Phi) is 2.94. The largest absolute Gasteiger partial charge is 0.463 e. The fraction of sp³-hybridized carbons (Fsp3) is 0.312. The Balaban J connectivity index is 2.08. The molecule has 1 atom stereocenters. The number of thiophene rings is 1. The van der Waals surface area contributed by atoms with Crippen LogP contribution in [0.5, 0.6) is 0 Å². The van der Waals surface area contributed by atoms with Crippen molar-refractivity contribution >= 4 is 17.2 Å². The average molecular weight is 271 g/mol. The van der Waals surface area contributed by atoms with E-state index in [2.05, 4.69) is 56.5 Å². The van der Waals surface area contributed by atoms with Gasteiger partial charge in [-0.2, -0.15) is 0 Å². The van der Waals surface area contributed by atoms with Crippen LogP contribution in [-0.4, -0.2) is 11.4 Å². The molecule has 0 amide bonds. The van der Waals surface area contributed by atoms with Crippen LogP contribution in [0.15, 0.2) is 46.8 Å². The van der Waals surface area contributed by atoms with Gasteiger partial charge >= 0.3 is 0 Å². The minimum atomic E-state index is -0.132. The van der Waals surface area contributed by atoms with Gasteiger partial charge in [0.1, 0.15) is 0 Å². The molecular weight excluding hydrogens is 254 g/mol. The van der Waals surface area contributed by atoms with Crippen LogP contribution >= 0.6 is 11.3 Å². The molecule has 98 valence electrons. The number of rotatable bonds is 1. The van der Waals surface area contributed by atoms with E-state index in [9.17, 15) is 0 Å². The monoisotopic (exact) mass is 271 g/mol. The zero-order valence-corrected chi connectivity index (χ0v) is 12.2. The van der Waals surface area contributed by atoms with Crippen LogP contribution in [0.4, 0.5) is 0 Å². The van der Waals surface area contributed by atoms with Crippen molar-refractivity contribution in [3.8, 4) is 0 Å². The Morgan fingerprint density at radius 2 is 1.89 bits per heavy atom. The molecule has 19 heavy (non-hydrogen) atoms. The number of benzene rings is 1. The van der Waals surface area contributed by atoms with Crippen LogP contribution in [0.1, 0.15) is 42.9 Å². The van der Waals surface area contributed by atoms with Crippen molar-refractivity contribution in [3.05, 3.63) is 57.8 Å². The molecule has 0 N–H and O–H groups in total. The molecule has 3 rings (SSSR count). The third kappa shape index (κ3) is 2.43. The van der Waals surface area contributed by atoms with Crippen molar-refractivity contribution in [2.75, 3.05) is 0 Å². The van der Waals surface area contributed by atoms with Gasteiger partial charge in [0, 0.05) is 16.0 Å². The summed E-state index contributed by atoms with van der Waals surface area (Å²) in [6.45, 7) is 6.26. The van der Waals surface area contributed by atoms with Crippen molar-refractivity contribution in [2.24, 2.45) is 4.99 Å². The van der Waals surface area contributed by atoms with Crippen LogP contribution in [0.2, 0.25) is 0 Å². The Hall–Kier alpha value is -1.61. The molecular formula is C16H17NOS. The summed E-state index contributed by atoms with van der Waals surface area (Å²) in [5.41, 5.74) is 2.20. The molecule has 0 saturated carbocycles. The molecule has 3 heteroatoms. The first-order chi connectivity index (χ1) is 9.04. The summed E-state index contributed by atoms with van der Waals surface area (Å²) >= 11 is 1.72. The van der Waals surface area contributed by atoms with Gasteiger partial charge in [-0.15, -0.1) is 11.3 Å². The summed E-state index contributed by atoms with van der Waals surface area (Å²) < 4.78 is 6.11. The number of nitrogens with zero attached hydrogens (tertiary/aromatic N) is 1. The third-order valence-electron chi connectivity index (χ3n) is 2.94. The van der Waals surface area contributed by atoms with Crippen molar-refractivity contribution in [1.82, 2.24) is 0 Å². The van der Waals surface area contributed by atoms with E-state index in [1.165, 1.54) is 10.4 Å². The lowest BCUT2D eigenvalue weighted by Crippen LogP contribution is -2.14. The summed E-state index contributed by atoms with van der Waals surface area (Å²) in [5.74, 6) is 0.765. The van der Waals surface area contributed by atoms with Gasteiger partial charge in [0.05, 0.1) is 5.54 Å². The summed E-state index contributed by atoms with van der Waals surface area (Å²) in [4.78, 5) is 5.94. The predicted octanol–water partition coefficient (Wildman–Crippen LogP) is 4.41. The number of aliphatic imine (C=N–C) groups is 1. The van der Waals surface area contributed by atoms with Gasteiger partial charge in [0.2, 0.25) is 5.90 Å². The van der Waals surface area contributed by atoms with Crippen LogP contribution in [-0.2, 0) is 4.74 Å². The van der Waals surface area contributed by atoms with E-state index in [4.69, 9.17) is 9.73 Å². The van der Waals surface area contributed by atoms with E-state index >= 15 is 0 Å². The summed E-state index contributed by atoms with van der Waals surface area (Å²) in [7, 11) is 0. The van der Waals surface area contributed by atoms with E-state index in [0.717, 1.165) is 11.5 Å². The molecule has 2 heterocycles. The first-order valence-corrected chi connectivity index (χ1v) is 7.32. The number of ether oxygens (including phenoxy) is 1. The highest BCUT2D eigenvalue weighted by molar-refractivity contribution is 7.10. The highest BCUT2D eigenvalue weighted by Crippen LogP contribution is 2.38. The topological polar surface area (TPSA) is 21.6 Å². The highest BCUT2D eigenvalue weighted by Gasteiger charge is 2.31. The van der Waals surface area contributed by atoms with Gasteiger partial charge in [-0.1, -0.05) is 24.3 Å². The molecule has 1 aromatic carbocycles. The highest BCUT2D eigenvalue weighted by atomic mass is 32.1. The van der Waals surface area contributed by atoms with Gasteiger partial charge in [-0.3, -0.25) is 0 Å². The second-order valence-corrected chi connectivity index (χ2v) is 6.67. The number of hydrogen-bond donors (Lipinski definition) is 0. The second-order valence-electron chi connectivity index (χ2n) is 5.69. The zero-order chi connectivity index (χ0) is 13.5. The number of fused-ring (bicyclic) bond motifs is 1. The van der Waals surface area contributed by atoms with E-state index in [-0.39, 0.29) is 11.6 Å². The van der Waals surface area contributed by atoms with Gasteiger partial charge < -0.3 is 4.74 Å². The first kappa shape index (κ1) is 12.4. The summed E-state index contributed by atoms with van der Waals surface area (Å²) in [5, 5.41) is 2.08. The maximum absolute atomic E-state index is 6.11. The molecule has 0 aliphatic carbocycles. The first-order valence-electron chi connectivity index (χ1n) is 6.44. The zero-order valence-electron chi connectivity index (χ0n) is 11.4. The van der Waals surface area contributed by atoms with E-state index in [1.807, 2.05) is 6.07 Å². The lowest BCUT2D eigenvalue weighted by atomic mass is 10.0. The van der Waals surface area contributed by atoms with Crippen LogP contribution < -0.4 is 0 Å². The molecule has 0 radical (unpaired) electrons. The average Bonchev–Trinajstić information content (AvgIpc) is 2.95. The summed E-state index contributed by atoms with van der Waals surface area (Å²) in [6.07, 6.45) is -0.00250. The maximum atomic E-state index is 6.11. The standard InChI is InChI=1S/C16H17NOS/c1-16(2,3)17-15-12-8-5-4-7-11(12)14(18-15)13-9-6-10-19-13/h4-10,14H,1-3H3. The molecule has 1 unspecified atom stereocenters. The second kappa shape index (κ2) is 4.49. The minimum Gasteiger partial charge on any atom is -0.463 e. The summed E-state index contributed by atoms with van der Waals surface area (Å²) in [6, 6.07) is 12.5. The fourth-order valence-electron chi connectivity index (χ4n) is 2.20. The molecule has 0 spiro atoms. The maximum Gasteiger partial charge on any atom is 0.218 e. The lowest BCUT2D eigenvalue weighted by molar-refractivity contribution is 0.252. The van der Waals surface area contributed by atoms with Crippen LogP contribution in [0.3, 0.4) is 0 Å². The predicted molar refractivity (Wildman–Crippen MR) is 80.0 cm³/mol. The Morgan fingerprint density at radius 1 is 1.11 bits per heavy atom. The third-order valence-corrected chi connectivity index (χ3v) is 3.86. The Bertz CT molecular complexity index is 608. The minimum absolute atomic E-state index is 0.00250. The van der Waals surface area contributed by atoms with Crippen LogP contribution in [0, 0.1) is 0 Å². The van der Waals surface area contributed by atoms with Crippen molar-refractivity contribution in [3.63, 3.8) is 0 Å². The molecule has 1 aliphatic rings. The fourth-order valence-corrected chi connectivity index (χ4v) is 2.97. The van der Waals surface area contributed by atoms with Gasteiger partial charge in [0.25, 0.3) is 0 Å². The lowest BCUT2D eigenvalue weighted by Gasteiger charge is -2.14. The van der Waals surface area contributed by atoms with E-state index in [0.29, 0.717) is 0 Å². The van der Waals surface area contributed by atoms with Crippen molar-refractivity contribution in [2.45, 2.75) is 32.4 Å². The van der Waals surface area contributed by atoms with E-state index in [1.54, 1.807) is 11.3 Å².